The summed E-state index contributed by atoms with van der Waals surface area (Å²) in [6, 6.07) is 11.2. The van der Waals surface area contributed by atoms with E-state index in [2.05, 4.69) is 10.3 Å². The summed E-state index contributed by atoms with van der Waals surface area (Å²) in [4.78, 5) is 40.8. The number of carboxylic acids is 1. The fraction of sp³-hybridized carbons (Fsp3) is 0.333. The van der Waals surface area contributed by atoms with E-state index in [-0.39, 0.29) is 18.5 Å². The molecule has 1 heterocycles. The van der Waals surface area contributed by atoms with E-state index in [0.717, 1.165) is 17.5 Å². The first kappa shape index (κ1) is 23.9. The van der Waals surface area contributed by atoms with Crippen molar-refractivity contribution in [3.8, 4) is 0 Å². The molecule has 2 atom stereocenters. The van der Waals surface area contributed by atoms with E-state index in [0.29, 0.717) is 23.3 Å². The zero-order valence-corrected chi connectivity index (χ0v) is 18.6. The maximum atomic E-state index is 13.1. The Hall–Kier alpha value is -3.72. The molecular weight excluding hydrogens is 424 g/mol. The monoisotopic (exact) mass is 452 g/mol. The molecule has 1 aromatic heterocycles. The maximum absolute atomic E-state index is 13.1. The summed E-state index contributed by atoms with van der Waals surface area (Å²) < 4.78 is 1.71. The van der Waals surface area contributed by atoms with Gasteiger partial charge in [-0.3, -0.25) is 9.59 Å². The van der Waals surface area contributed by atoms with Crippen molar-refractivity contribution in [3.63, 3.8) is 0 Å². The number of aromatic nitrogens is 2. The van der Waals surface area contributed by atoms with Gasteiger partial charge in [-0.05, 0) is 43.0 Å². The van der Waals surface area contributed by atoms with E-state index < -0.39 is 29.9 Å². The molecule has 0 spiro atoms. The van der Waals surface area contributed by atoms with Crippen LogP contribution in [-0.4, -0.2) is 49.7 Å². The summed E-state index contributed by atoms with van der Waals surface area (Å²) in [5.74, 6) is -1.78. The number of carbonyl (C=O) groups excluding carboxylic acids is 2. The van der Waals surface area contributed by atoms with Crippen LogP contribution >= 0.6 is 0 Å². The Morgan fingerprint density at radius 2 is 1.88 bits per heavy atom. The molecule has 2 aromatic carbocycles. The molecule has 0 saturated heterocycles. The van der Waals surface area contributed by atoms with Crippen LogP contribution in [0.25, 0.3) is 11.0 Å². The number of hydrogen-bond donors (Lipinski definition) is 4. The Morgan fingerprint density at radius 1 is 1.18 bits per heavy atom. The Kier molecular flexibility index (Phi) is 7.44. The molecule has 33 heavy (non-hydrogen) atoms. The molecule has 0 aliphatic carbocycles. The fourth-order valence-corrected chi connectivity index (χ4v) is 3.85. The smallest absolute Gasteiger partial charge is 0.334 e. The number of imidazole rings is 1. The summed E-state index contributed by atoms with van der Waals surface area (Å²) in [5.41, 5.74) is 8.47. The third-order valence-electron chi connectivity index (χ3n) is 5.42. The van der Waals surface area contributed by atoms with E-state index in [1.165, 1.54) is 0 Å². The SMILES string of the molecule is CCCc1nc2c(C)cc(C(=O)N[C@H](Cc3ccccc3)[C@@H](O)C(=O)O)cc2n1CC(N)=O. The minimum atomic E-state index is -1.78. The van der Waals surface area contributed by atoms with Gasteiger partial charge in [0.25, 0.3) is 5.91 Å². The van der Waals surface area contributed by atoms with E-state index >= 15 is 0 Å². The van der Waals surface area contributed by atoms with Crippen LogP contribution in [0, 0.1) is 6.92 Å². The molecule has 0 bridgehead atoms. The van der Waals surface area contributed by atoms with Crippen LogP contribution in [0.15, 0.2) is 42.5 Å². The largest absolute Gasteiger partial charge is 0.479 e. The predicted octanol–water partition coefficient (Wildman–Crippen LogP) is 1.57. The Labute approximate surface area is 191 Å². The summed E-state index contributed by atoms with van der Waals surface area (Å²) in [5, 5.41) is 22.2. The predicted molar refractivity (Wildman–Crippen MR) is 123 cm³/mol. The van der Waals surface area contributed by atoms with Crippen molar-refractivity contribution in [2.75, 3.05) is 0 Å². The number of fused-ring (bicyclic) bond motifs is 1. The summed E-state index contributed by atoms with van der Waals surface area (Å²) in [6.45, 7) is 3.75. The lowest BCUT2D eigenvalue weighted by atomic mass is 10.0. The molecule has 0 fully saturated rings. The molecule has 9 nitrogen and oxygen atoms in total. The Morgan fingerprint density at radius 3 is 2.48 bits per heavy atom. The molecule has 0 saturated carbocycles. The summed E-state index contributed by atoms with van der Waals surface area (Å²) in [6.07, 6.45) is -0.174. The van der Waals surface area contributed by atoms with Gasteiger partial charge in [0, 0.05) is 12.0 Å². The van der Waals surface area contributed by atoms with Gasteiger partial charge < -0.3 is 25.8 Å². The van der Waals surface area contributed by atoms with Gasteiger partial charge in [-0.15, -0.1) is 0 Å². The van der Waals surface area contributed by atoms with E-state index in [4.69, 9.17) is 5.73 Å². The average molecular weight is 453 g/mol. The topological polar surface area (TPSA) is 148 Å². The van der Waals surface area contributed by atoms with Crippen LogP contribution in [0.5, 0.6) is 0 Å². The van der Waals surface area contributed by atoms with Crippen molar-refractivity contribution in [3.05, 3.63) is 65.0 Å². The van der Waals surface area contributed by atoms with Gasteiger partial charge in [-0.25, -0.2) is 9.78 Å². The zero-order chi connectivity index (χ0) is 24.1. The number of aliphatic carboxylic acids is 1. The first-order chi connectivity index (χ1) is 15.7. The molecule has 3 rings (SSSR count). The lowest BCUT2D eigenvalue weighted by molar-refractivity contribution is -0.148. The number of nitrogens with one attached hydrogen (secondary N) is 1. The third-order valence-corrected chi connectivity index (χ3v) is 5.42. The molecule has 174 valence electrons. The highest BCUT2D eigenvalue weighted by Crippen LogP contribution is 2.23. The average Bonchev–Trinajstić information content (AvgIpc) is 3.10. The fourth-order valence-electron chi connectivity index (χ4n) is 3.85. The van der Waals surface area contributed by atoms with Crippen LogP contribution in [-0.2, 0) is 29.0 Å². The van der Waals surface area contributed by atoms with Gasteiger partial charge in [0.05, 0.1) is 17.1 Å². The first-order valence-electron chi connectivity index (χ1n) is 10.7. The van der Waals surface area contributed by atoms with Gasteiger partial charge in [-0.1, -0.05) is 37.3 Å². The molecule has 2 amide bonds. The second kappa shape index (κ2) is 10.3. The van der Waals surface area contributed by atoms with Crippen LogP contribution < -0.4 is 11.1 Å². The van der Waals surface area contributed by atoms with Gasteiger partial charge in [0.1, 0.15) is 12.4 Å². The maximum Gasteiger partial charge on any atom is 0.334 e. The van der Waals surface area contributed by atoms with Crippen molar-refractivity contribution in [2.45, 2.75) is 51.8 Å². The Balaban J connectivity index is 1.96. The van der Waals surface area contributed by atoms with Crippen molar-refractivity contribution < 1.29 is 24.6 Å². The van der Waals surface area contributed by atoms with Gasteiger partial charge in [-0.2, -0.15) is 0 Å². The quantitative estimate of drug-likeness (QED) is 0.367. The second-order valence-electron chi connectivity index (χ2n) is 8.04. The molecule has 0 unspecified atom stereocenters. The Bertz CT molecular complexity index is 1170. The van der Waals surface area contributed by atoms with Crippen LogP contribution in [0.3, 0.4) is 0 Å². The van der Waals surface area contributed by atoms with E-state index in [1.807, 2.05) is 19.9 Å². The number of aliphatic hydroxyl groups excluding tert-OH is 1. The lowest BCUT2D eigenvalue weighted by Gasteiger charge is -2.22. The zero-order valence-electron chi connectivity index (χ0n) is 18.6. The molecule has 0 radical (unpaired) electrons. The van der Waals surface area contributed by atoms with Gasteiger partial charge in [0.15, 0.2) is 6.10 Å². The number of rotatable bonds is 10. The van der Waals surface area contributed by atoms with E-state index in [9.17, 15) is 24.6 Å². The molecule has 0 aliphatic heterocycles. The highest BCUT2D eigenvalue weighted by Gasteiger charge is 2.28. The number of primary amides is 1. The number of hydrogen-bond acceptors (Lipinski definition) is 5. The standard InChI is InChI=1S/C24H28N4O5/c1-3-7-20-27-21-14(2)10-16(12-18(21)28(20)13-19(25)29)23(31)26-17(22(30)24(32)33)11-15-8-5-4-6-9-15/h4-6,8-10,12,17,22,30H,3,7,11,13H2,1-2H3,(H2,25,29)(H,26,31)(H,32,33)/t17-,22-/m1/s1. The number of carboxylic acid groups (broad SMARTS) is 1. The summed E-state index contributed by atoms with van der Waals surface area (Å²) in [7, 11) is 0. The van der Waals surface area contributed by atoms with Gasteiger partial charge >= 0.3 is 5.97 Å². The number of aliphatic hydroxyl groups is 1. The third kappa shape index (κ3) is 5.56. The van der Waals surface area contributed by atoms with Crippen LogP contribution in [0.4, 0.5) is 0 Å². The molecule has 3 aromatic rings. The van der Waals surface area contributed by atoms with Crippen molar-refractivity contribution in [1.29, 1.82) is 0 Å². The highest BCUT2D eigenvalue weighted by molar-refractivity contribution is 5.99. The molecule has 5 N–H and O–H groups in total. The molecule has 0 aliphatic rings. The normalized spacial score (nSPS) is 12.9. The van der Waals surface area contributed by atoms with Crippen molar-refractivity contribution in [2.24, 2.45) is 5.73 Å². The minimum absolute atomic E-state index is 0.0648. The number of aryl methyl sites for hydroxylation is 2. The number of carbonyl (C=O) groups is 3. The molecule has 9 heteroatoms. The van der Waals surface area contributed by atoms with Crippen LogP contribution in [0.1, 0.15) is 40.7 Å². The van der Waals surface area contributed by atoms with Crippen molar-refractivity contribution >= 4 is 28.8 Å². The van der Waals surface area contributed by atoms with Gasteiger partial charge in [0.2, 0.25) is 5.91 Å². The number of nitrogens with zero attached hydrogens (tertiary/aromatic N) is 2. The highest BCUT2D eigenvalue weighted by atomic mass is 16.4. The van der Waals surface area contributed by atoms with E-state index in [1.54, 1.807) is 41.0 Å². The first-order valence-corrected chi connectivity index (χ1v) is 10.7. The lowest BCUT2D eigenvalue weighted by Crippen LogP contribution is -2.48. The summed E-state index contributed by atoms with van der Waals surface area (Å²) >= 11 is 0. The minimum Gasteiger partial charge on any atom is -0.479 e. The number of nitrogens with two attached hydrogens (primary N) is 1. The van der Waals surface area contributed by atoms with Crippen LogP contribution in [0.2, 0.25) is 0 Å². The second-order valence-corrected chi connectivity index (χ2v) is 8.04. The molecular formula is C24H28N4O5. The number of benzene rings is 2. The number of amides is 2. The van der Waals surface area contributed by atoms with Crippen molar-refractivity contribution in [1.82, 2.24) is 14.9 Å².